The van der Waals surface area contributed by atoms with Crippen LogP contribution >= 0.6 is 11.8 Å². The van der Waals surface area contributed by atoms with Gasteiger partial charge in [0.2, 0.25) is 0 Å². The Bertz CT molecular complexity index is 996. The minimum atomic E-state index is -0.210. The number of rotatable bonds is 4. The van der Waals surface area contributed by atoms with Crippen LogP contribution in [0.1, 0.15) is 32.0 Å². The van der Waals surface area contributed by atoms with E-state index in [-0.39, 0.29) is 11.6 Å². The third-order valence-corrected chi connectivity index (χ3v) is 6.32. The molecule has 0 spiro atoms. The quantitative estimate of drug-likeness (QED) is 0.549. The number of nitrogens with zero attached hydrogens (tertiary/aromatic N) is 3. The Morgan fingerprint density at radius 2 is 1.77 bits per heavy atom. The van der Waals surface area contributed by atoms with Crippen LogP contribution in [-0.2, 0) is 0 Å². The first kappa shape index (κ1) is 20.7. The van der Waals surface area contributed by atoms with Gasteiger partial charge in [0.25, 0.3) is 0 Å². The summed E-state index contributed by atoms with van der Waals surface area (Å²) in [5, 5.41) is 13.1. The molecule has 1 aliphatic carbocycles. The fourth-order valence-corrected chi connectivity index (χ4v) is 4.10. The Kier molecular flexibility index (Phi) is 5.99. The summed E-state index contributed by atoms with van der Waals surface area (Å²) in [6.45, 7) is 6.39. The van der Waals surface area contributed by atoms with Crippen molar-refractivity contribution in [1.29, 1.82) is 0 Å². The van der Waals surface area contributed by atoms with Crippen molar-refractivity contribution in [2.75, 3.05) is 24.2 Å². The molecule has 1 aromatic heterocycles. The summed E-state index contributed by atoms with van der Waals surface area (Å²) >= 11 is 1.39. The van der Waals surface area contributed by atoms with Gasteiger partial charge in [0.05, 0.1) is 0 Å². The normalized spacial score (nSPS) is 19.4. The first-order chi connectivity index (χ1) is 14.4. The molecule has 0 radical (unpaired) electrons. The maximum atomic E-state index is 13.5. The van der Waals surface area contributed by atoms with Gasteiger partial charge in [0, 0.05) is 23.9 Å². The first-order valence-electron chi connectivity index (χ1n) is 10.2. The van der Waals surface area contributed by atoms with E-state index in [0.29, 0.717) is 10.8 Å². The summed E-state index contributed by atoms with van der Waals surface area (Å²) in [6, 6.07) is 12.6. The number of hydrogen-bond acceptors (Lipinski definition) is 6. The Morgan fingerprint density at radius 1 is 1.10 bits per heavy atom. The highest BCUT2D eigenvalue weighted by molar-refractivity contribution is 7.98. The zero-order chi connectivity index (χ0) is 21.3. The number of thioether (sulfide) groups is 1. The van der Waals surface area contributed by atoms with Gasteiger partial charge in [0.1, 0.15) is 11.6 Å². The number of hydrogen-bond donors (Lipinski definition) is 1. The molecule has 2 fully saturated rings. The van der Waals surface area contributed by atoms with Gasteiger partial charge in [-0.15, -0.1) is 11.8 Å². The van der Waals surface area contributed by atoms with E-state index >= 15 is 0 Å². The van der Waals surface area contributed by atoms with Crippen LogP contribution in [-0.4, -0.2) is 34.6 Å². The van der Waals surface area contributed by atoms with E-state index in [2.05, 4.69) is 28.9 Å². The van der Waals surface area contributed by atoms with E-state index in [9.17, 15) is 4.39 Å². The molecule has 2 aromatic carbocycles. The molecule has 0 bridgehead atoms. The van der Waals surface area contributed by atoms with Crippen molar-refractivity contribution in [3.8, 4) is 16.9 Å². The highest BCUT2D eigenvalue weighted by Crippen LogP contribution is 2.45. The Balaban J connectivity index is 0.000000146. The standard InChI is InChI=1S/C13H11FOS.C10H15N3O/c1-16-13-7-4-10(8-12(13)14)9-2-5-11(15)6-3-9;1-6(2)9-11-10(14-12-9)13-4-7-3-8(7)5-13/h2-8,15H,1H3;6-8H,3-5H2,1-2H3. The molecule has 0 amide bonds. The number of anilines is 1. The van der Waals surface area contributed by atoms with Crippen molar-refractivity contribution in [1.82, 2.24) is 10.1 Å². The molecule has 2 unspecified atom stereocenters. The molecule has 1 N–H and O–H groups in total. The maximum Gasteiger partial charge on any atom is 0.324 e. The van der Waals surface area contributed by atoms with Gasteiger partial charge in [-0.05, 0) is 59.9 Å². The second-order valence-electron chi connectivity index (χ2n) is 8.15. The molecule has 158 valence electrons. The Labute approximate surface area is 180 Å². The van der Waals surface area contributed by atoms with Gasteiger partial charge in [-0.25, -0.2) is 4.39 Å². The zero-order valence-electron chi connectivity index (χ0n) is 17.4. The zero-order valence-corrected chi connectivity index (χ0v) is 18.2. The number of phenols is 1. The minimum Gasteiger partial charge on any atom is -0.508 e. The average molecular weight is 428 g/mol. The van der Waals surface area contributed by atoms with Crippen LogP contribution < -0.4 is 4.90 Å². The third-order valence-electron chi connectivity index (χ3n) is 5.55. The number of piperidine rings is 1. The maximum absolute atomic E-state index is 13.5. The van der Waals surface area contributed by atoms with E-state index in [1.165, 1.54) is 24.2 Å². The van der Waals surface area contributed by atoms with Crippen molar-refractivity contribution in [2.24, 2.45) is 11.8 Å². The summed E-state index contributed by atoms with van der Waals surface area (Å²) in [7, 11) is 0. The summed E-state index contributed by atoms with van der Waals surface area (Å²) in [4.78, 5) is 7.26. The highest BCUT2D eigenvalue weighted by atomic mass is 32.2. The van der Waals surface area contributed by atoms with Crippen LogP contribution in [0.15, 0.2) is 51.9 Å². The van der Waals surface area contributed by atoms with Crippen LogP contribution in [0.4, 0.5) is 10.4 Å². The summed E-state index contributed by atoms with van der Waals surface area (Å²) < 4.78 is 18.8. The average Bonchev–Trinajstić information content (AvgIpc) is 3.14. The smallest absolute Gasteiger partial charge is 0.324 e. The summed E-state index contributed by atoms with van der Waals surface area (Å²) in [5.41, 5.74) is 1.71. The van der Waals surface area contributed by atoms with Gasteiger partial charge < -0.3 is 14.5 Å². The predicted octanol–water partition coefficient (Wildman–Crippen LogP) is 5.57. The van der Waals surface area contributed by atoms with Crippen molar-refractivity contribution in [3.63, 3.8) is 0 Å². The molecular formula is C23H26FN3O2S. The predicted molar refractivity (Wildman–Crippen MR) is 117 cm³/mol. The lowest BCUT2D eigenvalue weighted by molar-refractivity contribution is 0.405. The second kappa shape index (κ2) is 8.68. The van der Waals surface area contributed by atoms with Crippen LogP contribution in [0.3, 0.4) is 0 Å². The van der Waals surface area contributed by atoms with E-state index in [4.69, 9.17) is 9.63 Å². The second-order valence-corrected chi connectivity index (χ2v) is 8.99. The lowest BCUT2D eigenvalue weighted by Gasteiger charge is -2.13. The number of fused-ring (bicyclic) bond motifs is 1. The van der Waals surface area contributed by atoms with Gasteiger partial charge >= 0.3 is 6.01 Å². The lowest BCUT2D eigenvalue weighted by atomic mass is 10.1. The van der Waals surface area contributed by atoms with Gasteiger partial charge in [-0.3, -0.25) is 0 Å². The van der Waals surface area contributed by atoms with Gasteiger partial charge in [-0.2, -0.15) is 4.98 Å². The van der Waals surface area contributed by atoms with E-state index in [1.54, 1.807) is 30.3 Å². The Morgan fingerprint density at radius 3 is 2.33 bits per heavy atom. The monoisotopic (exact) mass is 427 g/mol. The van der Waals surface area contributed by atoms with Crippen molar-refractivity contribution < 1.29 is 14.0 Å². The molecule has 1 aliphatic heterocycles. The Hall–Kier alpha value is -2.54. The molecule has 5 rings (SSSR count). The molecule has 1 saturated heterocycles. The molecule has 2 heterocycles. The topological polar surface area (TPSA) is 62.4 Å². The summed E-state index contributed by atoms with van der Waals surface area (Å²) in [5.74, 6) is 2.99. The van der Waals surface area contributed by atoms with Crippen molar-refractivity contribution >= 4 is 17.8 Å². The SMILES string of the molecule is CC(C)c1noc(N2CC3CC3C2)n1.CSc1ccc(-c2ccc(O)cc2)cc1F. The fourth-order valence-electron chi connectivity index (χ4n) is 3.64. The number of benzene rings is 2. The number of aromatic nitrogens is 2. The van der Waals surface area contributed by atoms with Gasteiger partial charge in [0.15, 0.2) is 5.82 Å². The largest absolute Gasteiger partial charge is 0.508 e. The molecule has 2 atom stereocenters. The molecule has 3 aromatic rings. The van der Waals surface area contributed by atoms with Crippen molar-refractivity contribution in [3.05, 3.63) is 54.1 Å². The van der Waals surface area contributed by atoms with Crippen LogP contribution in [0.25, 0.3) is 11.1 Å². The van der Waals surface area contributed by atoms with Crippen LogP contribution in [0.5, 0.6) is 5.75 Å². The van der Waals surface area contributed by atoms with Crippen molar-refractivity contribution in [2.45, 2.75) is 31.1 Å². The lowest BCUT2D eigenvalue weighted by Crippen LogP contribution is -2.22. The van der Waals surface area contributed by atoms with E-state index < -0.39 is 0 Å². The van der Waals surface area contributed by atoms with E-state index in [1.807, 2.05) is 12.3 Å². The molecule has 2 aliphatic rings. The van der Waals surface area contributed by atoms with Gasteiger partial charge in [-0.1, -0.05) is 37.2 Å². The molecule has 30 heavy (non-hydrogen) atoms. The first-order valence-corrected chi connectivity index (χ1v) is 11.4. The van der Waals surface area contributed by atoms with Crippen LogP contribution in [0.2, 0.25) is 0 Å². The highest BCUT2D eigenvalue weighted by Gasteiger charge is 2.46. The summed E-state index contributed by atoms with van der Waals surface area (Å²) in [6.07, 6.45) is 3.25. The minimum absolute atomic E-state index is 0.210. The fraction of sp³-hybridized carbons (Fsp3) is 0.391. The molecular weight excluding hydrogens is 401 g/mol. The molecule has 5 nitrogen and oxygen atoms in total. The number of phenolic OH excluding ortho intramolecular Hbond substituents is 1. The molecule has 7 heteroatoms. The van der Waals surface area contributed by atoms with E-state index in [0.717, 1.165) is 47.9 Å². The molecule has 1 saturated carbocycles. The number of halogens is 1. The third kappa shape index (κ3) is 4.61. The number of aromatic hydroxyl groups is 1. The van der Waals surface area contributed by atoms with Crippen LogP contribution in [0, 0.1) is 17.7 Å².